The van der Waals surface area contributed by atoms with E-state index < -0.39 is 17.9 Å². The molecule has 0 spiro atoms. The lowest BCUT2D eigenvalue weighted by molar-refractivity contribution is 0.0318. The van der Waals surface area contributed by atoms with E-state index in [0.717, 1.165) is 0 Å². The number of halogens is 1. The number of carbonyl (C=O) groups is 2. The number of aromatic nitrogens is 1. The number of ketones is 1. The highest BCUT2D eigenvalue weighted by atomic mass is 19.1. The molecule has 1 unspecified atom stereocenters. The number of pyridine rings is 1. The minimum atomic E-state index is -0.943. The first kappa shape index (κ1) is 13.9. The molecule has 0 saturated heterocycles. The highest BCUT2D eigenvalue weighted by molar-refractivity contribution is 6.01. The van der Waals surface area contributed by atoms with Gasteiger partial charge in [-0.05, 0) is 43.3 Å². The van der Waals surface area contributed by atoms with Crippen molar-refractivity contribution in [1.29, 1.82) is 0 Å². The van der Waals surface area contributed by atoms with Gasteiger partial charge in [0.15, 0.2) is 6.10 Å². The van der Waals surface area contributed by atoms with E-state index in [-0.39, 0.29) is 5.78 Å². The molecule has 2 aromatic rings. The Morgan fingerprint density at radius 1 is 1.05 bits per heavy atom. The van der Waals surface area contributed by atoms with Crippen LogP contribution in [-0.4, -0.2) is 22.8 Å². The molecule has 1 aromatic carbocycles. The van der Waals surface area contributed by atoms with E-state index in [1.165, 1.54) is 55.7 Å². The van der Waals surface area contributed by atoms with Crippen molar-refractivity contribution in [1.82, 2.24) is 4.98 Å². The van der Waals surface area contributed by atoms with Crippen LogP contribution in [0.5, 0.6) is 0 Å². The van der Waals surface area contributed by atoms with Gasteiger partial charge in [-0.3, -0.25) is 9.78 Å². The molecule has 0 aliphatic heterocycles. The Kier molecular flexibility index (Phi) is 4.20. The van der Waals surface area contributed by atoms with Gasteiger partial charge < -0.3 is 4.74 Å². The third-order valence-electron chi connectivity index (χ3n) is 2.70. The van der Waals surface area contributed by atoms with Gasteiger partial charge in [-0.2, -0.15) is 0 Å². The van der Waals surface area contributed by atoms with Gasteiger partial charge in [0.2, 0.25) is 5.78 Å². The number of carbonyl (C=O) groups excluding carboxylic acids is 2. The maximum absolute atomic E-state index is 12.8. The topological polar surface area (TPSA) is 56.3 Å². The summed E-state index contributed by atoms with van der Waals surface area (Å²) in [7, 11) is 0. The Labute approximate surface area is 115 Å². The molecule has 0 saturated carbocycles. The number of rotatable bonds is 4. The smallest absolute Gasteiger partial charge is 0.338 e. The van der Waals surface area contributed by atoms with Crippen LogP contribution in [-0.2, 0) is 4.74 Å². The average molecular weight is 273 g/mol. The standard InChI is InChI=1S/C15H12FNO3/c1-10(14(18)11-2-4-13(16)5-3-11)20-15(19)12-6-8-17-9-7-12/h2-10H,1H3. The Morgan fingerprint density at radius 3 is 2.25 bits per heavy atom. The summed E-state index contributed by atoms with van der Waals surface area (Å²) in [4.78, 5) is 27.6. The molecule has 0 aliphatic carbocycles. The second-order valence-electron chi connectivity index (χ2n) is 4.15. The van der Waals surface area contributed by atoms with Crippen molar-refractivity contribution in [3.05, 3.63) is 65.7 Å². The predicted molar refractivity (Wildman–Crippen MR) is 69.8 cm³/mol. The van der Waals surface area contributed by atoms with E-state index >= 15 is 0 Å². The van der Waals surface area contributed by atoms with Crippen LogP contribution in [0.4, 0.5) is 4.39 Å². The summed E-state index contributed by atoms with van der Waals surface area (Å²) in [5, 5.41) is 0. The van der Waals surface area contributed by atoms with Gasteiger partial charge in [0.05, 0.1) is 5.56 Å². The lowest BCUT2D eigenvalue weighted by Gasteiger charge is -2.12. The summed E-state index contributed by atoms with van der Waals surface area (Å²) in [6, 6.07) is 8.08. The molecule has 0 radical (unpaired) electrons. The largest absolute Gasteiger partial charge is 0.451 e. The van der Waals surface area contributed by atoms with E-state index in [1.54, 1.807) is 0 Å². The molecular weight excluding hydrogens is 261 g/mol. The number of hydrogen-bond donors (Lipinski definition) is 0. The normalized spacial score (nSPS) is 11.7. The van der Waals surface area contributed by atoms with Crippen LogP contribution in [0.3, 0.4) is 0 Å². The van der Waals surface area contributed by atoms with Crippen LogP contribution in [0, 0.1) is 5.82 Å². The molecule has 0 aliphatic rings. The minimum absolute atomic E-state index is 0.293. The molecule has 1 aromatic heterocycles. The molecule has 20 heavy (non-hydrogen) atoms. The Bertz CT molecular complexity index is 611. The second-order valence-corrected chi connectivity index (χ2v) is 4.15. The van der Waals surface area contributed by atoms with Crippen LogP contribution in [0.1, 0.15) is 27.6 Å². The number of ether oxygens (including phenoxy) is 1. The highest BCUT2D eigenvalue weighted by Crippen LogP contribution is 2.10. The number of benzene rings is 1. The van der Waals surface area contributed by atoms with Gasteiger partial charge in [-0.25, -0.2) is 9.18 Å². The van der Waals surface area contributed by atoms with Crippen molar-refractivity contribution in [2.75, 3.05) is 0 Å². The number of nitrogens with zero attached hydrogens (tertiary/aromatic N) is 1. The van der Waals surface area contributed by atoms with E-state index in [2.05, 4.69) is 4.98 Å². The fourth-order valence-electron chi connectivity index (χ4n) is 1.62. The monoisotopic (exact) mass is 273 g/mol. The molecule has 0 amide bonds. The van der Waals surface area contributed by atoms with Gasteiger partial charge in [0, 0.05) is 18.0 Å². The zero-order valence-corrected chi connectivity index (χ0v) is 10.7. The summed E-state index contributed by atoms with van der Waals surface area (Å²) in [6.07, 6.45) is 1.98. The molecule has 1 heterocycles. The van der Waals surface area contributed by atoms with E-state index in [4.69, 9.17) is 4.74 Å². The summed E-state index contributed by atoms with van der Waals surface area (Å²) in [5.74, 6) is -1.41. The molecule has 2 rings (SSSR count). The Balaban J connectivity index is 2.05. The summed E-state index contributed by atoms with van der Waals surface area (Å²) in [5.41, 5.74) is 0.611. The lowest BCUT2D eigenvalue weighted by Crippen LogP contribution is -2.24. The van der Waals surface area contributed by atoms with Crippen molar-refractivity contribution in [2.24, 2.45) is 0 Å². The molecule has 1 atom stereocenters. The van der Waals surface area contributed by atoms with Crippen molar-refractivity contribution in [3.63, 3.8) is 0 Å². The number of hydrogen-bond acceptors (Lipinski definition) is 4. The van der Waals surface area contributed by atoms with Crippen LogP contribution in [0.25, 0.3) is 0 Å². The minimum Gasteiger partial charge on any atom is -0.451 e. The van der Waals surface area contributed by atoms with Crippen LogP contribution in [0.15, 0.2) is 48.8 Å². The van der Waals surface area contributed by atoms with Crippen molar-refractivity contribution < 1.29 is 18.7 Å². The molecule has 4 nitrogen and oxygen atoms in total. The van der Waals surface area contributed by atoms with E-state index in [9.17, 15) is 14.0 Å². The maximum atomic E-state index is 12.8. The molecular formula is C15H12FNO3. The first-order valence-corrected chi connectivity index (χ1v) is 5.98. The SMILES string of the molecule is CC(OC(=O)c1ccncc1)C(=O)c1ccc(F)cc1. The predicted octanol–water partition coefficient (Wildman–Crippen LogP) is 2.65. The fraction of sp³-hybridized carbons (Fsp3) is 0.133. The molecule has 0 N–H and O–H groups in total. The van der Waals surface area contributed by atoms with Gasteiger partial charge in [-0.15, -0.1) is 0 Å². The third-order valence-corrected chi connectivity index (χ3v) is 2.70. The third kappa shape index (κ3) is 3.26. The van der Waals surface area contributed by atoms with E-state index in [1.807, 2.05) is 0 Å². The molecule has 102 valence electrons. The maximum Gasteiger partial charge on any atom is 0.338 e. The highest BCUT2D eigenvalue weighted by Gasteiger charge is 2.20. The quantitative estimate of drug-likeness (QED) is 0.634. The van der Waals surface area contributed by atoms with Crippen LogP contribution in [0.2, 0.25) is 0 Å². The second kappa shape index (κ2) is 6.06. The number of esters is 1. The van der Waals surface area contributed by atoms with Crippen molar-refractivity contribution in [2.45, 2.75) is 13.0 Å². The Morgan fingerprint density at radius 2 is 1.65 bits per heavy atom. The first-order valence-electron chi connectivity index (χ1n) is 5.98. The van der Waals surface area contributed by atoms with Gasteiger partial charge in [-0.1, -0.05) is 0 Å². The first-order chi connectivity index (χ1) is 9.58. The fourth-order valence-corrected chi connectivity index (χ4v) is 1.62. The molecule has 0 bridgehead atoms. The van der Waals surface area contributed by atoms with Crippen LogP contribution < -0.4 is 0 Å². The van der Waals surface area contributed by atoms with Crippen LogP contribution >= 0.6 is 0 Å². The number of Topliss-reactive ketones (excluding diaryl/α,β-unsaturated/α-hetero) is 1. The van der Waals surface area contributed by atoms with Crippen molar-refractivity contribution >= 4 is 11.8 Å². The summed E-state index contributed by atoms with van der Waals surface area (Å²) in [6.45, 7) is 1.48. The van der Waals surface area contributed by atoms with Gasteiger partial charge >= 0.3 is 5.97 Å². The van der Waals surface area contributed by atoms with E-state index in [0.29, 0.717) is 11.1 Å². The molecule has 5 heteroatoms. The summed E-state index contributed by atoms with van der Waals surface area (Å²) >= 11 is 0. The lowest BCUT2D eigenvalue weighted by atomic mass is 10.1. The zero-order valence-electron chi connectivity index (χ0n) is 10.7. The van der Waals surface area contributed by atoms with Gasteiger partial charge in [0.25, 0.3) is 0 Å². The zero-order chi connectivity index (χ0) is 14.5. The van der Waals surface area contributed by atoms with Gasteiger partial charge in [0.1, 0.15) is 5.82 Å². The Hall–Kier alpha value is -2.56. The molecule has 0 fully saturated rings. The van der Waals surface area contributed by atoms with Crippen molar-refractivity contribution in [3.8, 4) is 0 Å². The average Bonchev–Trinajstić information content (AvgIpc) is 2.48. The summed E-state index contributed by atoms with van der Waals surface area (Å²) < 4.78 is 17.9.